The van der Waals surface area contributed by atoms with Crippen LogP contribution in [0.1, 0.15) is 55.1 Å². The molecule has 0 bridgehead atoms. The Morgan fingerprint density at radius 1 is 1.37 bits per heavy atom. The molecule has 1 fully saturated rings. The van der Waals surface area contributed by atoms with Crippen molar-refractivity contribution < 1.29 is 4.79 Å². The van der Waals surface area contributed by atoms with Gasteiger partial charge in [-0.3, -0.25) is 9.78 Å². The maximum absolute atomic E-state index is 12.2. The summed E-state index contributed by atoms with van der Waals surface area (Å²) >= 11 is 4.86. The van der Waals surface area contributed by atoms with Gasteiger partial charge >= 0.3 is 0 Å². The van der Waals surface area contributed by atoms with Crippen LogP contribution in [0.5, 0.6) is 0 Å². The minimum Gasteiger partial charge on any atom is -0.389 e. The fourth-order valence-electron chi connectivity index (χ4n) is 2.47. The van der Waals surface area contributed by atoms with Gasteiger partial charge in [-0.15, -0.1) is 0 Å². The van der Waals surface area contributed by atoms with Gasteiger partial charge in [-0.25, -0.2) is 0 Å². The number of aromatic nitrogens is 1. The van der Waals surface area contributed by atoms with E-state index in [4.69, 9.17) is 18.0 Å². The normalized spacial score (nSPS) is 17.7. The summed E-state index contributed by atoms with van der Waals surface area (Å²) in [5, 5.41) is 3.09. The van der Waals surface area contributed by atoms with E-state index in [-0.39, 0.29) is 11.4 Å². The summed E-state index contributed by atoms with van der Waals surface area (Å²) in [5.74, 6) is -0.126. The van der Waals surface area contributed by atoms with Crippen LogP contribution in [0.15, 0.2) is 18.3 Å². The van der Waals surface area contributed by atoms with Crippen LogP contribution in [0.2, 0.25) is 0 Å². The summed E-state index contributed by atoms with van der Waals surface area (Å²) in [6, 6.07) is 3.39. The zero-order valence-electron chi connectivity index (χ0n) is 11.1. The number of carbonyl (C=O) groups excluding carboxylic acids is 1. The number of pyridine rings is 1. The molecule has 1 saturated carbocycles. The van der Waals surface area contributed by atoms with Gasteiger partial charge in [0, 0.05) is 17.3 Å². The number of nitrogens with two attached hydrogens (primary N) is 1. The molecule has 1 amide bonds. The zero-order chi connectivity index (χ0) is 13.9. The number of hydrogen-bond acceptors (Lipinski definition) is 3. The number of carbonyl (C=O) groups is 1. The topological polar surface area (TPSA) is 68.0 Å². The summed E-state index contributed by atoms with van der Waals surface area (Å²) in [5.41, 5.74) is 6.49. The molecule has 0 unspecified atom stereocenters. The van der Waals surface area contributed by atoms with Crippen molar-refractivity contribution in [1.29, 1.82) is 0 Å². The Kier molecular flexibility index (Phi) is 4.14. The second-order valence-electron chi connectivity index (χ2n) is 5.37. The summed E-state index contributed by atoms with van der Waals surface area (Å²) in [7, 11) is 0. The smallest absolute Gasteiger partial charge is 0.270 e. The summed E-state index contributed by atoms with van der Waals surface area (Å²) in [6.07, 6.45) is 7.20. The molecular weight excluding hydrogens is 258 g/mol. The Labute approximate surface area is 118 Å². The second-order valence-corrected chi connectivity index (χ2v) is 5.81. The van der Waals surface area contributed by atoms with Gasteiger partial charge in [-0.1, -0.05) is 31.5 Å². The van der Waals surface area contributed by atoms with E-state index >= 15 is 0 Å². The predicted octanol–water partition coefficient (Wildman–Crippen LogP) is 2.17. The standard InChI is InChI=1S/C14H19N3OS/c1-14(7-3-2-4-8-14)17-13(18)11-6-5-10(9-16-11)12(15)19/h5-6,9H,2-4,7-8H2,1H3,(H2,15,19)(H,17,18). The lowest BCUT2D eigenvalue weighted by molar-refractivity contribution is 0.0877. The second kappa shape index (κ2) is 5.65. The SMILES string of the molecule is CC1(NC(=O)c2ccc(C(N)=S)cn2)CCCCC1. The third-order valence-electron chi connectivity index (χ3n) is 3.65. The molecule has 1 aliphatic rings. The highest BCUT2D eigenvalue weighted by atomic mass is 32.1. The minimum atomic E-state index is -0.126. The van der Waals surface area contributed by atoms with Crippen LogP contribution in [-0.4, -0.2) is 21.4 Å². The summed E-state index contributed by atoms with van der Waals surface area (Å²) in [4.78, 5) is 16.6. The minimum absolute atomic E-state index is 0.0984. The van der Waals surface area contributed by atoms with Gasteiger partial charge in [0.25, 0.3) is 5.91 Å². The van der Waals surface area contributed by atoms with E-state index in [1.165, 1.54) is 19.3 Å². The molecule has 102 valence electrons. The lowest BCUT2D eigenvalue weighted by Crippen LogP contribution is -2.47. The fourth-order valence-corrected chi connectivity index (χ4v) is 2.59. The average molecular weight is 277 g/mol. The zero-order valence-corrected chi connectivity index (χ0v) is 11.9. The molecule has 1 heterocycles. The molecule has 0 atom stereocenters. The molecular formula is C14H19N3OS. The summed E-state index contributed by atoms with van der Waals surface area (Å²) in [6.45, 7) is 2.10. The highest BCUT2D eigenvalue weighted by molar-refractivity contribution is 7.80. The Morgan fingerprint density at radius 2 is 2.05 bits per heavy atom. The Morgan fingerprint density at radius 3 is 2.58 bits per heavy atom. The Bertz CT molecular complexity index is 478. The van der Waals surface area contributed by atoms with Gasteiger partial charge in [-0.2, -0.15) is 0 Å². The molecule has 2 rings (SSSR count). The van der Waals surface area contributed by atoms with Crippen LogP contribution in [0.4, 0.5) is 0 Å². The van der Waals surface area contributed by atoms with Crippen LogP contribution in [0.3, 0.4) is 0 Å². The molecule has 1 aromatic rings. The molecule has 0 spiro atoms. The van der Waals surface area contributed by atoms with E-state index in [1.54, 1.807) is 18.3 Å². The number of amides is 1. The lowest BCUT2D eigenvalue weighted by Gasteiger charge is -2.34. The first-order chi connectivity index (χ1) is 9.00. The van der Waals surface area contributed by atoms with Gasteiger partial charge in [0.2, 0.25) is 0 Å². The molecule has 0 saturated heterocycles. The van der Waals surface area contributed by atoms with E-state index in [0.29, 0.717) is 16.2 Å². The molecule has 1 aromatic heterocycles. The molecule has 4 nitrogen and oxygen atoms in total. The van der Waals surface area contributed by atoms with Crippen LogP contribution < -0.4 is 11.1 Å². The third-order valence-corrected chi connectivity index (χ3v) is 3.89. The largest absolute Gasteiger partial charge is 0.389 e. The van der Waals surface area contributed by atoms with Gasteiger partial charge in [0.15, 0.2) is 0 Å². The maximum Gasteiger partial charge on any atom is 0.270 e. The van der Waals surface area contributed by atoms with E-state index in [9.17, 15) is 4.79 Å². The van der Waals surface area contributed by atoms with Crippen molar-refractivity contribution in [2.24, 2.45) is 5.73 Å². The third kappa shape index (κ3) is 3.50. The van der Waals surface area contributed by atoms with Gasteiger partial charge in [-0.05, 0) is 31.9 Å². The molecule has 0 aliphatic heterocycles. The van der Waals surface area contributed by atoms with Crippen molar-refractivity contribution in [2.75, 3.05) is 0 Å². The van der Waals surface area contributed by atoms with E-state index < -0.39 is 0 Å². The van der Waals surface area contributed by atoms with Crippen LogP contribution in [0.25, 0.3) is 0 Å². The number of thiocarbonyl (C=S) groups is 1. The average Bonchev–Trinajstić information content (AvgIpc) is 2.39. The quantitative estimate of drug-likeness (QED) is 0.831. The highest BCUT2D eigenvalue weighted by Gasteiger charge is 2.28. The molecule has 3 N–H and O–H groups in total. The van der Waals surface area contributed by atoms with Crippen molar-refractivity contribution in [2.45, 2.75) is 44.6 Å². The van der Waals surface area contributed by atoms with Crippen LogP contribution >= 0.6 is 12.2 Å². The molecule has 0 aromatic carbocycles. The number of hydrogen-bond donors (Lipinski definition) is 2. The first-order valence-electron chi connectivity index (χ1n) is 6.59. The first-order valence-corrected chi connectivity index (χ1v) is 6.99. The van der Waals surface area contributed by atoms with Crippen molar-refractivity contribution in [1.82, 2.24) is 10.3 Å². The van der Waals surface area contributed by atoms with Gasteiger partial charge in [0.1, 0.15) is 10.7 Å². The van der Waals surface area contributed by atoms with Gasteiger partial charge < -0.3 is 11.1 Å². The lowest BCUT2D eigenvalue weighted by atomic mass is 9.83. The highest BCUT2D eigenvalue weighted by Crippen LogP contribution is 2.27. The number of rotatable bonds is 3. The van der Waals surface area contributed by atoms with Gasteiger partial charge in [0.05, 0.1) is 0 Å². The molecule has 19 heavy (non-hydrogen) atoms. The van der Waals surface area contributed by atoms with Crippen molar-refractivity contribution in [3.63, 3.8) is 0 Å². The molecule has 0 radical (unpaired) electrons. The predicted molar refractivity (Wildman–Crippen MR) is 79.1 cm³/mol. The van der Waals surface area contributed by atoms with E-state index in [0.717, 1.165) is 12.8 Å². The number of nitrogens with one attached hydrogen (secondary N) is 1. The Hall–Kier alpha value is -1.49. The summed E-state index contributed by atoms with van der Waals surface area (Å²) < 4.78 is 0. The Balaban J connectivity index is 2.05. The molecule has 5 heteroatoms. The fraction of sp³-hybridized carbons (Fsp3) is 0.500. The van der Waals surface area contributed by atoms with Crippen LogP contribution in [-0.2, 0) is 0 Å². The first kappa shape index (κ1) is 13.9. The number of nitrogens with zero attached hydrogens (tertiary/aromatic N) is 1. The van der Waals surface area contributed by atoms with Crippen molar-refractivity contribution in [3.8, 4) is 0 Å². The maximum atomic E-state index is 12.2. The molecule has 1 aliphatic carbocycles. The van der Waals surface area contributed by atoms with E-state index in [1.807, 2.05) is 0 Å². The van der Waals surface area contributed by atoms with E-state index in [2.05, 4.69) is 17.2 Å². The van der Waals surface area contributed by atoms with Crippen molar-refractivity contribution >= 4 is 23.1 Å². The van der Waals surface area contributed by atoms with Crippen LogP contribution in [0, 0.1) is 0 Å². The van der Waals surface area contributed by atoms with Crippen molar-refractivity contribution in [3.05, 3.63) is 29.6 Å². The monoisotopic (exact) mass is 277 g/mol.